The predicted octanol–water partition coefficient (Wildman–Crippen LogP) is 18.7. The lowest BCUT2D eigenvalue weighted by atomic mass is 9.85. The van der Waals surface area contributed by atoms with Gasteiger partial charge in [-0.1, -0.05) is 105 Å². The van der Waals surface area contributed by atoms with Gasteiger partial charge in [-0.3, -0.25) is 19.0 Å². The third-order valence-corrected chi connectivity index (χ3v) is 25.8. The number of esters is 1. The molecule has 6 aromatic carbocycles. The van der Waals surface area contributed by atoms with Crippen LogP contribution in [0, 0.1) is 6.92 Å². The molecule has 0 radical (unpaired) electrons. The number of allylic oxidation sites excluding steroid dienone is 1. The van der Waals surface area contributed by atoms with Gasteiger partial charge in [0.25, 0.3) is 5.91 Å². The number of amides is 1. The van der Waals surface area contributed by atoms with E-state index in [0.29, 0.717) is 169 Å². The van der Waals surface area contributed by atoms with E-state index in [1.165, 1.54) is 20.0 Å². The lowest BCUT2D eigenvalue weighted by Gasteiger charge is -2.33. The quantitative estimate of drug-likeness (QED) is 0.0115. The summed E-state index contributed by atoms with van der Waals surface area (Å²) in [5.41, 5.74) is 19.5. The molecule has 35 heteroatoms. The molecule has 1 amide bonds. The largest absolute Gasteiger partial charge is 0.496 e. The average molecular weight is 1920 g/mol. The van der Waals surface area contributed by atoms with Crippen LogP contribution in [-0.4, -0.2) is 199 Å². The zero-order chi connectivity index (χ0) is 98.8. The summed E-state index contributed by atoms with van der Waals surface area (Å²) in [4.78, 5) is 90.6. The minimum Gasteiger partial charge on any atom is -0.496 e. The fraction of sp³-hybridized carbons (Fsp3) is 0.308. The van der Waals surface area contributed by atoms with Gasteiger partial charge in [-0.05, 0) is 153 Å². The molecule has 0 spiro atoms. The number of aromatic amines is 3. The Morgan fingerprint density at radius 1 is 0.542 bits per heavy atom. The van der Waals surface area contributed by atoms with E-state index in [1.807, 2.05) is 141 Å². The van der Waals surface area contributed by atoms with Crippen LogP contribution in [0.2, 0.25) is 0 Å². The van der Waals surface area contributed by atoms with Gasteiger partial charge < -0.3 is 93.9 Å². The Balaban J connectivity index is 0.000000126. The lowest BCUT2D eigenvalue weighted by Crippen LogP contribution is -2.35. The van der Waals surface area contributed by atoms with Gasteiger partial charge in [0.05, 0.1) is 97.8 Å². The van der Waals surface area contributed by atoms with Crippen molar-refractivity contribution < 1.29 is 61.8 Å². The number of hydrogen-bond donors (Lipinski definition) is 9. The van der Waals surface area contributed by atoms with Crippen molar-refractivity contribution >= 4 is 114 Å². The Hall–Kier alpha value is -16.3. The number of benzene rings is 6. The van der Waals surface area contributed by atoms with Crippen molar-refractivity contribution in [2.45, 2.75) is 135 Å². The molecule has 35 nitrogen and oxygen atoms in total. The van der Waals surface area contributed by atoms with Gasteiger partial charge in [-0.2, -0.15) is 45.1 Å². The fourth-order valence-corrected chi connectivity index (χ4v) is 17.8. The first-order valence-electron chi connectivity index (χ1n) is 47.7. The van der Waals surface area contributed by atoms with Crippen LogP contribution in [0.3, 0.4) is 0 Å². The van der Waals surface area contributed by atoms with Crippen molar-refractivity contribution in [2.24, 2.45) is 14.1 Å². The molecule has 10 aromatic heterocycles. The number of ketones is 1. The topological polar surface area (TPSA) is 421 Å². The highest BCUT2D eigenvalue weighted by molar-refractivity contribution is 6.02. The minimum absolute atomic E-state index is 0.0164. The maximum atomic E-state index is 12.5. The molecule has 5 aliphatic rings. The number of ether oxygens (including phenoxy) is 8. The first-order chi connectivity index (χ1) is 69.0. The van der Waals surface area contributed by atoms with Crippen LogP contribution in [0.4, 0.5) is 35.2 Å². The summed E-state index contributed by atoms with van der Waals surface area (Å²) in [5, 5.41) is 37.3. The molecule has 4 fully saturated rings. The van der Waals surface area contributed by atoms with E-state index in [-0.39, 0.29) is 36.0 Å². The standard InChI is InChI=1S/C31H32N6O5.C28H28N2O5.C24H27N7O2.C24H27N7O/c1-17-33-23-6-4-18(14-25(23)41-17)21-16-32-27-26(21)28(42-20-8-10-31(2,39)11-9-20)36-30(35-27)34-22-7-5-19(15-24(22)40-3)29(38)37-12-13-37;1-5-23(31)19-11-12-20(24(15-19)33-3)16-25-29-22-14-13-21(26(22)27(30-25)35-6-2)17-7-9-18(10-8-17)28(32)34-4;1-15(25-2)16-4-6-17(7-5-16)19-14-26-22-21(19)23(33-18-9-12-32-13-10-18)30-24(29-22)28-20-8-11-27-31(20)3;1-15(25-2)16-8-10-17(11-9-16)19-14-26-22-21(19)23(32-18-6-4-5-7-18)30-24(29-22)28-20-12-13-27-31(20)3/h4-7,14-16,20,39H,8-13H2,1-3H3,(H2,32,34,35,36);7-13,15H,5-6,14,16H2,1-4H3;4-8,11,14,18,25H,1,9-10,12-13H2,2-3H3,(H2,26,28,29,30);8-14,18,25H,1,4-7H2,2-3H3,(H2,26,28,29,30). The van der Waals surface area contributed by atoms with Crippen LogP contribution in [0.1, 0.15) is 168 Å². The minimum atomic E-state index is -0.682. The monoisotopic (exact) mass is 1910 g/mol. The summed E-state index contributed by atoms with van der Waals surface area (Å²) in [5.74, 6) is 7.01. The van der Waals surface area contributed by atoms with Gasteiger partial charge in [-0.15, -0.1) is 0 Å². The van der Waals surface area contributed by atoms with Crippen molar-refractivity contribution in [3.05, 3.63) is 252 Å². The summed E-state index contributed by atoms with van der Waals surface area (Å²) in [6, 6.07) is 44.2. The van der Waals surface area contributed by atoms with Crippen LogP contribution in [0.25, 0.3) is 94.5 Å². The SMILES string of the molecule is C=C(NC)c1ccc(-c2c[nH]c3nc(Nc4ccnn4C)nc(OC4CCCC4)c23)cc1.C=C(NC)c1ccc(-c2c[nH]c3nc(Nc4ccnn4C)nc(OC4CCOCC4)c23)cc1.CCOc1nc(Cc2ccc(C(=O)CC)cc2OC)nc2c1C(c1ccc(C(=O)OC)cc1)=CC2.COc1cc(C(=O)N2CC2)ccc1Nc1nc(OC2CCC(C)(O)CC2)c2c(-c3ccc4nc(C)oc4c3)c[nH]c2n1. The number of nitrogens with one attached hydrogen (secondary N) is 8. The van der Waals surface area contributed by atoms with Gasteiger partial charge in [-0.25, -0.2) is 14.8 Å². The smallest absolute Gasteiger partial charge is 0.337 e. The number of anilines is 6. The Morgan fingerprint density at radius 3 is 1.56 bits per heavy atom. The number of nitrogens with zero attached hydrogens (tertiary/aromatic N) is 14. The van der Waals surface area contributed by atoms with Gasteiger partial charge in [0.15, 0.2) is 17.3 Å². The van der Waals surface area contributed by atoms with E-state index < -0.39 is 5.60 Å². The maximum absolute atomic E-state index is 12.5. The number of carbonyl (C=O) groups is 3. The molecule has 142 heavy (non-hydrogen) atoms. The number of aromatic nitrogens is 16. The molecular weight excluding hydrogens is 1800 g/mol. The normalized spacial score (nSPS) is 15.5. The fourth-order valence-electron chi connectivity index (χ4n) is 17.8. The Bertz CT molecular complexity index is 7350. The van der Waals surface area contributed by atoms with Crippen molar-refractivity contribution in [1.82, 2.24) is 94.9 Å². The molecule has 21 rings (SSSR count). The van der Waals surface area contributed by atoms with Crippen molar-refractivity contribution in [2.75, 3.05) is 84.3 Å². The van der Waals surface area contributed by atoms with Crippen molar-refractivity contribution in [3.8, 4) is 68.4 Å². The van der Waals surface area contributed by atoms with Crippen LogP contribution in [-0.2, 0) is 36.4 Å². The van der Waals surface area contributed by atoms with Crippen LogP contribution < -0.4 is 55.0 Å². The van der Waals surface area contributed by atoms with Crippen LogP contribution >= 0.6 is 0 Å². The number of Topliss-reactive ketones (excluding diaryl/α,β-unsaturated/α-hetero) is 1. The van der Waals surface area contributed by atoms with E-state index in [9.17, 15) is 19.5 Å². The molecular formula is C107H114N22O13. The zero-order valence-corrected chi connectivity index (χ0v) is 81.2. The first-order valence-corrected chi connectivity index (χ1v) is 47.7. The molecule has 2 saturated heterocycles. The molecule has 12 heterocycles. The second-order valence-corrected chi connectivity index (χ2v) is 35.5. The predicted molar refractivity (Wildman–Crippen MR) is 545 cm³/mol. The number of carbonyl (C=O) groups excluding carboxylic acids is 3. The number of methoxy groups -OCH3 is 3. The highest BCUT2D eigenvalue weighted by Crippen LogP contribution is 2.45. The molecule has 0 bridgehead atoms. The summed E-state index contributed by atoms with van der Waals surface area (Å²) in [6.07, 6.45) is 21.9. The molecule has 3 aliphatic carbocycles. The number of hydrogen-bond acceptors (Lipinski definition) is 29. The number of H-pyrrole nitrogens is 3. The number of aliphatic hydroxyl groups is 1. The molecule has 16 aromatic rings. The first kappa shape index (κ1) is 96.0. The molecule has 0 unspecified atom stereocenters. The summed E-state index contributed by atoms with van der Waals surface area (Å²) < 4.78 is 56.0. The Morgan fingerprint density at radius 2 is 1.04 bits per heavy atom. The van der Waals surface area contributed by atoms with Crippen LogP contribution in [0.5, 0.6) is 35.0 Å². The Kier molecular flexibility index (Phi) is 28.8. The van der Waals surface area contributed by atoms with E-state index >= 15 is 0 Å². The van der Waals surface area contributed by atoms with Crippen LogP contribution in [0.15, 0.2) is 194 Å². The van der Waals surface area contributed by atoms with E-state index in [0.717, 1.165) is 162 Å². The van der Waals surface area contributed by atoms with Crippen molar-refractivity contribution in [1.29, 1.82) is 0 Å². The summed E-state index contributed by atoms with van der Waals surface area (Å²) >= 11 is 0. The molecule has 2 aliphatic heterocycles. The number of oxazole rings is 1. The van der Waals surface area contributed by atoms with Crippen molar-refractivity contribution in [3.63, 3.8) is 0 Å². The zero-order valence-electron chi connectivity index (χ0n) is 81.2. The highest BCUT2D eigenvalue weighted by Gasteiger charge is 2.34. The van der Waals surface area contributed by atoms with Gasteiger partial charge in [0.1, 0.15) is 69.7 Å². The van der Waals surface area contributed by atoms with Gasteiger partial charge in [0, 0.05) is 156 Å². The molecule has 0 atom stereocenters. The third kappa shape index (κ3) is 21.6. The lowest BCUT2D eigenvalue weighted by molar-refractivity contribution is -0.0114. The van der Waals surface area contributed by atoms with E-state index in [1.54, 1.807) is 77.3 Å². The van der Waals surface area contributed by atoms with E-state index in [4.69, 9.17) is 82.2 Å². The summed E-state index contributed by atoms with van der Waals surface area (Å²) in [6.45, 7) is 18.9. The summed E-state index contributed by atoms with van der Waals surface area (Å²) in [7, 11) is 12.0. The highest BCUT2D eigenvalue weighted by atomic mass is 16.5. The average Bonchev–Trinajstić information content (AvgIpc) is 1.63. The second kappa shape index (κ2) is 42.6. The molecule has 2 saturated carbocycles. The number of aryl methyl sites for hydroxylation is 3. The number of fused-ring (bicyclic) bond motifs is 5. The molecule has 730 valence electrons. The third-order valence-electron chi connectivity index (χ3n) is 25.8. The second-order valence-electron chi connectivity index (χ2n) is 35.5. The van der Waals surface area contributed by atoms with Gasteiger partial charge in [0.2, 0.25) is 41.4 Å². The number of rotatable bonds is 30. The maximum Gasteiger partial charge on any atom is 0.337 e. The van der Waals surface area contributed by atoms with Gasteiger partial charge >= 0.3 is 5.97 Å². The van der Waals surface area contributed by atoms with E-state index in [2.05, 4.69) is 112 Å². The Labute approximate surface area is 819 Å². The molecule has 9 N–H and O–H groups in total.